The van der Waals surface area contributed by atoms with Crippen LogP contribution >= 0.6 is 0 Å². The Labute approximate surface area is 77.0 Å². The largest absolute Gasteiger partial charge is 0.398 e. The first-order valence-electron chi connectivity index (χ1n) is 4.25. The van der Waals surface area contributed by atoms with Gasteiger partial charge < -0.3 is 11.5 Å². The Kier molecular flexibility index (Phi) is 1.54. The SMILES string of the molecule is N#Cc1ccc(N)c(C2(N)CC2)c1. The lowest BCUT2D eigenvalue weighted by Crippen LogP contribution is -2.20. The summed E-state index contributed by atoms with van der Waals surface area (Å²) < 4.78 is 0. The van der Waals surface area contributed by atoms with Crippen LogP contribution in [0.2, 0.25) is 0 Å². The highest BCUT2D eigenvalue weighted by molar-refractivity contribution is 5.55. The van der Waals surface area contributed by atoms with Gasteiger partial charge in [0, 0.05) is 11.2 Å². The standard InChI is InChI=1S/C10H11N3/c11-6-7-1-2-9(12)8(5-7)10(13)3-4-10/h1-2,5H,3-4,12-13H2. The highest BCUT2D eigenvalue weighted by Crippen LogP contribution is 2.45. The van der Waals surface area contributed by atoms with E-state index < -0.39 is 0 Å². The van der Waals surface area contributed by atoms with Crippen molar-refractivity contribution in [2.45, 2.75) is 18.4 Å². The van der Waals surface area contributed by atoms with Crippen LogP contribution in [0.4, 0.5) is 5.69 Å². The molecule has 4 N–H and O–H groups in total. The molecule has 0 atom stereocenters. The smallest absolute Gasteiger partial charge is 0.0991 e. The van der Waals surface area contributed by atoms with Crippen LogP contribution in [-0.4, -0.2) is 0 Å². The third kappa shape index (κ3) is 1.25. The normalized spacial score (nSPS) is 17.8. The van der Waals surface area contributed by atoms with Crippen molar-refractivity contribution >= 4 is 5.69 Å². The van der Waals surface area contributed by atoms with Gasteiger partial charge in [-0.05, 0) is 36.6 Å². The van der Waals surface area contributed by atoms with Crippen molar-refractivity contribution in [3.8, 4) is 6.07 Å². The van der Waals surface area contributed by atoms with Crippen molar-refractivity contribution in [2.75, 3.05) is 5.73 Å². The van der Waals surface area contributed by atoms with E-state index >= 15 is 0 Å². The number of nitrogens with zero attached hydrogens (tertiary/aromatic N) is 1. The summed E-state index contributed by atoms with van der Waals surface area (Å²) in [6, 6.07) is 7.34. The Balaban J connectivity index is 2.50. The fourth-order valence-electron chi connectivity index (χ4n) is 1.46. The van der Waals surface area contributed by atoms with Gasteiger partial charge in [-0.2, -0.15) is 5.26 Å². The summed E-state index contributed by atoms with van der Waals surface area (Å²) in [5.74, 6) is 0. The molecule has 0 unspecified atom stereocenters. The van der Waals surface area contributed by atoms with E-state index in [0.717, 1.165) is 18.4 Å². The average molecular weight is 173 g/mol. The average Bonchev–Trinajstić information content (AvgIpc) is 2.86. The summed E-state index contributed by atoms with van der Waals surface area (Å²) in [6.45, 7) is 0. The van der Waals surface area contributed by atoms with Crippen LogP contribution in [0.25, 0.3) is 0 Å². The molecule has 1 aromatic carbocycles. The molecular formula is C10H11N3. The molecule has 2 rings (SSSR count). The van der Waals surface area contributed by atoms with Crippen molar-refractivity contribution in [3.05, 3.63) is 29.3 Å². The van der Waals surface area contributed by atoms with Gasteiger partial charge in [0.2, 0.25) is 0 Å². The van der Waals surface area contributed by atoms with Crippen molar-refractivity contribution < 1.29 is 0 Å². The Hall–Kier alpha value is -1.53. The van der Waals surface area contributed by atoms with Crippen LogP contribution in [-0.2, 0) is 5.54 Å². The lowest BCUT2D eigenvalue weighted by atomic mass is 10.0. The Bertz CT molecular complexity index is 386. The second-order valence-electron chi connectivity index (χ2n) is 3.57. The molecule has 0 heterocycles. The predicted octanol–water partition coefficient (Wildman–Crippen LogP) is 1.09. The van der Waals surface area contributed by atoms with Crippen LogP contribution in [0.3, 0.4) is 0 Å². The number of rotatable bonds is 1. The minimum atomic E-state index is -0.253. The van der Waals surface area contributed by atoms with E-state index in [9.17, 15) is 0 Å². The number of hydrogen-bond acceptors (Lipinski definition) is 3. The molecule has 0 amide bonds. The number of nitrogen functional groups attached to an aromatic ring is 1. The van der Waals surface area contributed by atoms with Crippen molar-refractivity contribution in [1.82, 2.24) is 0 Å². The molecule has 1 saturated carbocycles. The zero-order valence-electron chi connectivity index (χ0n) is 7.25. The van der Waals surface area contributed by atoms with E-state index in [1.54, 1.807) is 18.2 Å². The van der Waals surface area contributed by atoms with E-state index in [1.165, 1.54) is 0 Å². The summed E-state index contributed by atoms with van der Waals surface area (Å²) >= 11 is 0. The molecule has 3 nitrogen and oxygen atoms in total. The number of nitrogens with two attached hydrogens (primary N) is 2. The summed E-state index contributed by atoms with van der Waals surface area (Å²) in [7, 11) is 0. The molecule has 0 aliphatic heterocycles. The van der Waals surface area contributed by atoms with Crippen LogP contribution in [0.1, 0.15) is 24.0 Å². The molecule has 3 heteroatoms. The lowest BCUT2D eigenvalue weighted by Gasteiger charge is -2.12. The fraction of sp³-hybridized carbons (Fsp3) is 0.300. The van der Waals surface area contributed by atoms with Crippen molar-refractivity contribution in [1.29, 1.82) is 5.26 Å². The zero-order chi connectivity index (χ0) is 9.47. The first-order chi connectivity index (χ1) is 6.15. The van der Waals surface area contributed by atoms with Gasteiger partial charge in [-0.1, -0.05) is 0 Å². The van der Waals surface area contributed by atoms with E-state index in [-0.39, 0.29) is 5.54 Å². The fourth-order valence-corrected chi connectivity index (χ4v) is 1.46. The summed E-state index contributed by atoms with van der Waals surface area (Å²) in [5, 5.41) is 8.71. The number of benzene rings is 1. The second-order valence-corrected chi connectivity index (χ2v) is 3.57. The molecular weight excluding hydrogens is 162 g/mol. The van der Waals surface area contributed by atoms with Crippen molar-refractivity contribution in [3.63, 3.8) is 0 Å². The van der Waals surface area contributed by atoms with E-state index in [1.807, 2.05) is 0 Å². The van der Waals surface area contributed by atoms with Gasteiger partial charge in [0.05, 0.1) is 11.6 Å². The predicted molar refractivity (Wildman–Crippen MR) is 50.7 cm³/mol. The van der Waals surface area contributed by atoms with E-state index in [2.05, 4.69) is 6.07 Å². The van der Waals surface area contributed by atoms with Crippen LogP contribution in [0.15, 0.2) is 18.2 Å². The second kappa shape index (κ2) is 2.48. The zero-order valence-corrected chi connectivity index (χ0v) is 7.25. The van der Waals surface area contributed by atoms with Gasteiger partial charge in [-0.25, -0.2) is 0 Å². The minimum Gasteiger partial charge on any atom is -0.398 e. The Morgan fingerprint density at radius 2 is 2.08 bits per heavy atom. The molecule has 1 fully saturated rings. The molecule has 1 aliphatic carbocycles. The lowest BCUT2D eigenvalue weighted by molar-refractivity contribution is 0.743. The number of anilines is 1. The monoisotopic (exact) mass is 173 g/mol. The molecule has 1 aromatic rings. The first kappa shape index (κ1) is 8.09. The first-order valence-corrected chi connectivity index (χ1v) is 4.25. The third-order valence-electron chi connectivity index (χ3n) is 2.51. The Morgan fingerprint density at radius 1 is 1.38 bits per heavy atom. The summed E-state index contributed by atoms with van der Waals surface area (Å²) in [5.41, 5.74) is 13.8. The van der Waals surface area contributed by atoms with E-state index in [0.29, 0.717) is 11.3 Å². The van der Waals surface area contributed by atoms with Gasteiger partial charge in [-0.3, -0.25) is 0 Å². The maximum Gasteiger partial charge on any atom is 0.0991 e. The van der Waals surface area contributed by atoms with Gasteiger partial charge >= 0.3 is 0 Å². The molecule has 1 aliphatic rings. The van der Waals surface area contributed by atoms with Crippen LogP contribution < -0.4 is 11.5 Å². The quantitative estimate of drug-likeness (QED) is 0.624. The molecule has 0 saturated heterocycles. The number of nitriles is 1. The van der Waals surface area contributed by atoms with Gasteiger partial charge in [-0.15, -0.1) is 0 Å². The van der Waals surface area contributed by atoms with Crippen molar-refractivity contribution in [2.24, 2.45) is 5.73 Å². The highest BCUT2D eigenvalue weighted by atomic mass is 14.8. The topological polar surface area (TPSA) is 75.8 Å². The highest BCUT2D eigenvalue weighted by Gasteiger charge is 2.41. The maximum absolute atomic E-state index is 8.71. The van der Waals surface area contributed by atoms with Gasteiger partial charge in [0.1, 0.15) is 0 Å². The summed E-state index contributed by atoms with van der Waals surface area (Å²) in [6.07, 6.45) is 1.93. The molecule has 0 radical (unpaired) electrons. The summed E-state index contributed by atoms with van der Waals surface area (Å²) in [4.78, 5) is 0. The molecule has 0 aromatic heterocycles. The van der Waals surface area contributed by atoms with Crippen LogP contribution in [0, 0.1) is 11.3 Å². The minimum absolute atomic E-state index is 0.253. The molecule has 0 spiro atoms. The Morgan fingerprint density at radius 3 is 2.62 bits per heavy atom. The molecule has 0 bridgehead atoms. The molecule has 13 heavy (non-hydrogen) atoms. The van der Waals surface area contributed by atoms with Gasteiger partial charge in [0.15, 0.2) is 0 Å². The van der Waals surface area contributed by atoms with Crippen LogP contribution in [0.5, 0.6) is 0 Å². The number of hydrogen-bond donors (Lipinski definition) is 2. The van der Waals surface area contributed by atoms with Gasteiger partial charge in [0.25, 0.3) is 0 Å². The molecule has 66 valence electrons. The van der Waals surface area contributed by atoms with E-state index in [4.69, 9.17) is 16.7 Å². The third-order valence-corrected chi connectivity index (χ3v) is 2.51. The maximum atomic E-state index is 8.71.